The highest BCUT2D eigenvalue weighted by Gasteiger charge is 2.21. The molecular formula is C14H24N2O. The lowest BCUT2D eigenvalue weighted by atomic mass is 10.1. The van der Waals surface area contributed by atoms with E-state index in [0.29, 0.717) is 6.04 Å². The van der Waals surface area contributed by atoms with E-state index in [1.807, 2.05) is 6.92 Å². The van der Waals surface area contributed by atoms with Crippen LogP contribution in [0.4, 0.5) is 0 Å². The van der Waals surface area contributed by atoms with Crippen LogP contribution in [0.25, 0.3) is 0 Å². The van der Waals surface area contributed by atoms with E-state index < -0.39 is 0 Å². The third kappa shape index (κ3) is 3.58. The van der Waals surface area contributed by atoms with Crippen molar-refractivity contribution in [2.24, 2.45) is 0 Å². The van der Waals surface area contributed by atoms with E-state index in [2.05, 4.69) is 29.3 Å². The average molecular weight is 236 g/mol. The first-order valence-electron chi connectivity index (χ1n) is 6.79. The summed E-state index contributed by atoms with van der Waals surface area (Å²) in [6.07, 6.45) is 3.81. The molecule has 3 nitrogen and oxygen atoms in total. The van der Waals surface area contributed by atoms with Crippen molar-refractivity contribution in [3.8, 4) is 0 Å². The number of nitrogens with zero attached hydrogens (tertiary/aromatic N) is 1. The van der Waals surface area contributed by atoms with Gasteiger partial charge in [0, 0.05) is 12.6 Å². The molecule has 1 aromatic heterocycles. The molecule has 1 N–H and O–H groups in total. The quantitative estimate of drug-likeness (QED) is 0.851. The monoisotopic (exact) mass is 236 g/mol. The Bertz CT molecular complexity index is 329. The van der Waals surface area contributed by atoms with E-state index in [4.69, 9.17) is 4.42 Å². The van der Waals surface area contributed by atoms with Crippen LogP contribution in [-0.4, -0.2) is 30.6 Å². The van der Waals surface area contributed by atoms with E-state index in [0.717, 1.165) is 31.2 Å². The minimum absolute atomic E-state index is 0.675. The summed E-state index contributed by atoms with van der Waals surface area (Å²) in [6, 6.07) is 4.83. The molecule has 0 bridgehead atoms. The lowest BCUT2D eigenvalue weighted by Crippen LogP contribution is -2.45. The molecule has 1 aliphatic rings. The Morgan fingerprint density at radius 1 is 1.47 bits per heavy atom. The number of furan rings is 1. The van der Waals surface area contributed by atoms with E-state index in [1.54, 1.807) is 0 Å². The summed E-state index contributed by atoms with van der Waals surface area (Å²) >= 11 is 0. The molecule has 3 heteroatoms. The number of nitrogens with one attached hydrogen (secondary N) is 1. The lowest BCUT2D eigenvalue weighted by molar-refractivity contribution is 0.147. The third-order valence-electron chi connectivity index (χ3n) is 3.45. The van der Waals surface area contributed by atoms with Crippen molar-refractivity contribution >= 4 is 0 Å². The molecule has 0 aromatic carbocycles. The summed E-state index contributed by atoms with van der Waals surface area (Å²) < 4.78 is 5.69. The highest BCUT2D eigenvalue weighted by atomic mass is 16.3. The van der Waals surface area contributed by atoms with Crippen molar-refractivity contribution in [1.29, 1.82) is 0 Å². The fraction of sp³-hybridized carbons (Fsp3) is 0.714. The minimum Gasteiger partial charge on any atom is -0.465 e. The Balaban J connectivity index is 1.95. The van der Waals surface area contributed by atoms with Crippen LogP contribution < -0.4 is 5.32 Å². The number of rotatable bonds is 5. The summed E-state index contributed by atoms with van der Waals surface area (Å²) in [7, 11) is 0. The number of hydrogen-bond acceptors (Lipinski definition) is 3. The van der Waals surface area contributed by atoms with E-state index in [9.17, 15) is 0 Å². The minimum atomic E-state index is 0.675. The maximum Gasteiger partial charge on any atom is 0.118 e. The molecule has 1 unspecified atom stereocenters. The largest absolute Gasteiger partial charge is 0.465 e. The molecule has 2 rings (SSSR count). The van der Waals surface area contributed by atoms with Gasteiger partial charge in [-0.1, -0.05) is 6.92 Å². The van der Waals surface area contributed by atoms with Crippen LogP contribution in [0.15, 0.2) is 16.5 Å². The Labute approximate surface area is 104 Å². The van der Waals surface area contributed by atoms with Crippen molar-refractivity contribution < 1.29 is 4.42 Å². The zero-order valence-corrected chi connectivity index (χ0v) is 11.0. The Kier molecular flexibility index (Phi) is 4.63. The first-order valence-corrected chi connectivity index (χ1v) is 6.79. The van der Waals surface area contributed by atoms with Gasteiger partial charge in [0.25, 0.3) is 0 Å². The fourth-order valence-electron chi connectivity index (χ4n) is 2.59. The van der Waals surface area contributed by atoms with Crippen LogP contribution in [-0.2, 0) is 6.54 Å². The standard InChI is InChI=1S/C14H24N2O/c1-3-9-16(13-5-4-8-15-10-13)11-14-7-6-12(2)17-14/h6-7,13,15H,3-5,8-11H2,1-2H3. The van der Waals surface area contributed by atoms with Crippen LogP contribution in [0.3, 0.4) is 0 Å². The second-order valence-electron chi connectivity index (χ2n) is 4.98. The van der Waals surface area contributed by atoms with Crippen molar-refractivity contribution in [2.75, 3.05) is 19.6 Å². The van der Waals surface area contributed by atoms with Crippen LogP contribution in [0.2, 0.25) is 0 Å². The van der Waals surface area contributed by atoms with Gasteiger partial charge in [0.1, 0.15) is 11.5 Å². The molecule has 1 atom stereocenters. The first-order chi connectivity index (χ1) is 8.29. The van der Waals surface area contributed by atoms with Gasteiger partial charge in [-0.05, 0) is 51.4 Å². The predicted molar refractivity (Wildman–Crippen MR) is 70.0 cm³/mol. The van der Waals surface area contributed by atoms with Gasteiger partial charge in [0.2, 0.25) is 0 Å². The van der Waals surface area contributed by atoms with Gasteiger partial charge >= 0.3 is 0 Å². The second-order valence-corrected chi connectivity index (χ2v) is 4.98. The maximum atomic E-state index is 5.69. The zero-order chi connectivity index (χ0) is 12.1. The van der Waals surface area contributed by atoms with Gasteiger partial charge in [-0.2, -0.15) is 0 Å². The van der Waals surface area contributed by atoms with Crippen LogP contribution in [0.1, 0.15) is 37.7 Å². The highest BCUT2D eigenvalue weighted by Crippen LogP contribution is 2.16. The molecule has 0 spiro atoms. The molecule has 1 saturated heterocycles. The number of hydrogen-bond donors (Lipinski definition) is 1. The normalized spacial score (nSPS) is 21.0. The molecule has 96 valence electrons. The van der Waals surface area contributed by atoms with E-state index in [-0.39, 0.29) is 0 Å². The molecule has 1 aromatic rings. The fourth-order valence-corrected chi connectivity index (χ4v) is 2.59. The molecule has 0 saturated carbocycles. The van der Waals surface area contributed by atoms with Gasteiger partial charge in [-0.3, -0.25) is 4.90 Å². The van der Waals surface area contributed by atoms with Gasteiger partial charge in [-0.15, -0.1) is 0 Å². The van der Waals surface area contributed by atoms with E-state index >= 15 is 0 Å². The van der Waals surface area contributed by atoms with E-state index in [1.165, 1.54) is 25.8 Å². The predicted octanol–water partition coefficient (Wildman–Crippen LogP) is 2.55. The Morgan fingerprint density at radius 3 is 2.94 bits per heavy atom. The Hall–Kier alpha value is -0.800. The molecule has 0 aliphatic carbocycles. The van der Waals surface area contributed by atoms with Crippen molar-refractivity contribution in [3.05, 3.63) is 23.7 Å². The van der Waals surface area contributed by atoms with Crippen molar-refractivity contribution in [1.82, 2.24) is 10.2 Å². The molecule has 2 heterocycles. The Morgan fingerprint density at radius 2 is 2.35 bits per heavy atom. The van der Waals surface area contributed by atoms with Crippen LogP contribution >= 0.6 is 0 Å². The van der Waals surface area contributed by atoms with Gasteiger partial charge in [0.05, 0.1) is 6.54 Å². The summed E-state index contributed by atoms with van der Waals surface area (Å²) in [6.45, 7) is 8.67. The van der Waals surface area contributed by atoms with Crippen LogP contribution in [0.5, 0.6) is 0 Å². The lowest BCUT2D eigenvalue weighted by Gasteiger charge is -2.33. The molecule has 0 amide bonds. The average Bonchev–Trinajstić information content (AvgIpc) is 2.75. The smallest absolute Gasteiger partial charge is 0.118 e. The summed E-state index contributed by atoms with van der Waals surface area (Å²) in [5, 5.41) is 3.49. The number of piperidine rings is 1. The summed E-state index contributed by atoms with van der Waals surface area (Å²) in [5.41, 5.74) is 0. The topological polar surface area (TPSA) is 28.4 Å². The SMILES string of the molecule is CCCN(Cc1ccc(C)o1)C1CCCNC1. The van der Waals surface area contributed by atoms with Crippen LogP contribution in [0, 0.1) is 6.92 Å². The summed E-state index contributed by atoms with van der Waals surface area (Å²) in [5.74, 6) is 2.11. The second kappa shape index (κ2) is 6.22. The third-order valence-corrected chi connectivity index (χ3v) is 3.45. The molecule has 1 fully saturated rings. The van der Waals surface area contributed by atoms with Gasteiger partial charge in [-0.25, -0.2) is 0 Å². The molecule has 1 aliphatic heterocycles. The highest BCUT2D eigenvalue weighted by molar-refractivity contribution is 5.05. The van der Waals surface area contributed by atoms with Crippen molar-refractivity contribution in [3.63, 3.8) is 0 Å². The maximum absolute atomic E-state index is 5.69. The van der Waals surface area contributed by atoms with Crippen molar-refractivity contribution in [2.45, 2.75) is 45.7 Å². The zero-order valence-electron chi connectivity index (χ0n) is 11.0. The first kappa shape index (κ1) is 12.7. The molecule has 17 heavy (non-hydrogen) atoms. The molecular weight excluding hydrogens is 212 g/mol. The van der Waals surface area contributed by atoms with Gasteiger partial charge < -0.3 is 9.73 Å². The summed E-state index contributed by atoms with van der Waals surface area (Å²) in [4.78, 5) is 2.56. The molecule has 0 radical (unpaired) electrons. The number of aryl methyl sites for hydroxylation is 1. The van der Waals surface area contributed by atoms with Gasteiger partial charge in [0.15, 0.2) is 0 Å².